The number of aldehydes is 1. The number of nitrogens with one attached hydrogen (secondary N) is 1. The van der Waals surface area contributed by atoms with Crippen LogP contribution < -0.4 is 10.1 Å². The summed E-state index contributed by atoms with van der Waals surface area (Å²) in [5.74, 6) is 0.192. The lowest BCUT2D eigenvalue weighted by atomic mass is 10.0. The Kier molecular flexibility index (Phi) is 7.19. The summed E-state index contributed by atoms with van der Waals surface area (Å²) in [4.78, 5) is 24.5. The van der Waals surface area contributed by atoms with Gasteiger partial charge in [-0.25, -0.2) is 0 Å². The number of halogens is 1. The molecular weight excluding hydrogens is 430 g/mol. The lowest BCUT2D eigenvalue weighted by Gasteiger charge is -2.14. The predicted molar refractivity (Wildman–Crippen MR) is 120 cm³/mol. The van der Waals surface area contributed by atoms with E-state index in [9.17, 15) is 9.59 Å². The molecule has 0 fully saturated rings. The van der Waals surface area contributed by atoms with Gasteiger partial charge in [-0.3, -0.25) is 9.59 Å². The molecule has 0 aliphatic carbocycles. The summed E-state index contributed by atoms with van der Waals surface area (Å²) in [6.07, 6.45) is 2.66. The first-order valence-corrected chi connectivity index (χ1v) is 10.3. The zero-order valence-electron chi connectivity index (χ0n) is 16.2. The zero-order chi connectivity index (χ0) is 20.6. The fourth-order valence-electron chi connectivity index (χ4n) is 2.90. The third-order valence-electron chi connectivity index (χ3n) is 4.48. The molecule has 4 nitrogen and oxygen atoms in total. The Labute approximate surface area is 179 Å². The highest BCUT2D eigenvalue weighted by atomic mass is 79.9. The highest BCUT2D eigenvalue weighted by Crippen LogP contribution is 2.28. The molecule has 0 saturated heterocycles. The van der Waals surface area contributed by atoms with E-state index in [0.717, 1.165) is 34.7 Å². The van der Waals surface area contributed by atoms with E-state index >= 15 is 0 Å². The van der Waals surface area contributed by atoms with E-state index in [1.54, 1.807) is 18.2 Å². The van der Waals surface area contributed by atoms with Crippen LogP contribution in [0.5, 0.6) is 5.75 Å². The molecule has 0 aliphatic heterocycles. The van der Waals surface area contributed by atoms with Crippen molar-refractivity contribution >= 4 is 33.8 Å². The topological polar surface area (TPSA) is 55.4 Å². The summed E-state index contributed by atoms with van der Waals surface area (Å²) in [5, 5.41) is 2.87. The third kappa shape index (κ3) is 5.33. The van der Waals surface area contributed by atoms with E-state index in [-0.39, 0.29) is 5.91 Å². The first-order chi connectivity index (χ1) is 14.1. The molecule has 0 aromatic heterocycles. The van der Waals surface area contributed by atoms with E-state index in [1.807, 2.05) is 48.5 Å². The number of unbranched alkanes of at least 4 members (excludes halogenated alkanes) is 1. The number of hydrogen-bond donors (Lipinski definition) is 1. The molecule has 3 aromatic carbocycles. The number of carbonyl (C=O) groups is 2. The smallest absolute Gasteiger partial charge is 0.259 e. The molecule has 29 heavy (non-hydrogen) atoms. The highest BCUT2D eigenvalue weighted by molar-refractivity contribution is 9.10. The van der Waals surface area contributed by atoms with Crippen LogP contribution in [0, 0.1) is 0 Å². The first-order valence-electron chi connectivity index (χ1n) is 9.50. The SMILES string of the molecule is CCCCOc1ccc(Br)cc1C(=O)Nc1cc(-c2ccccc2)ccc1C=O. The average Bonchev–Trinajstić information content (AvgIpc) is 2.75. The number of anilines is 1. The van der Waals surface area contributed by atoms with Crippen molar-refractivity contribution in [2.45, 2.75) is 19.8 Å². The molecule has 0 radical (unpaired) electrons. The van der Waals surface area contributed by atoms with Crippen molar-refractivity contribution in [2.24, 2.45) is 0 Å². The van der Waals surface area contributed by atoms with Crippen LogP contribution in [-0.2, 0) is 0 Å². The summed E-state index contributed by atoms with van der Waals surface area (Å²) < 4.78 is 6.57. The minimum absolute atomic E-state index is 0.328. The Morgan fingerprint density at radius 2 is 1.83 bits per heavy atom. The number of benzene rings is 3. The fourth-order valence-corrected chi connectivity index (χ4v) is 3.26. The highest BCUT2D eigenvalue weighted by Gasteiger charge is 2.16. The summed E-state index contributed by atoms with van der Waals surface area (Å²) >= 11 is 3.41. The van der Waals surface area contributed by atoms with Gasteiger partial charge in [0.1, 0.15) is 5.75 Å². The van der Waals surface area contributed by atoms with Crippen molar-refractivity contribution in [1.82, 2.24) is 0 Å². The van der Waals surface area contributed by atoms with E-state index in [2.05, 4.69) is 28.2 Å². The van der Waals surface area contributed by atoms with Gasteiger partial charge in [0.25, 0.3) is 5.91 Å². The molecule has 0 unspecified atom stereocenters. The van der Waals surface area contributed by atoms with Gasteiger partial charge in [0.05, 0.1) is 17.9 Å². The van der Waals surface area contributed by atoms with E-state index in [0.29, 0.717) is 29.2 Å². The van der Waals surface area contributed by atoms with Crippen molar-refractivity contribution in [3.8, 4) is 16.9 Å². The lowest BCUT2D eigenvalue weighted by molar-refractivity contribution is 0.102. The van der Waals surface area contributed by atoms with Gasteiger partial charge in [-0.05, 0) is 47.9 Å². The number of amides is 1. The Balaban J connectivity index is 1.90. The van der Waals surface area contributed by atoms with Crippen LogP contribution in [0.3, 0.4) is 0 Å². The van der Waals surface area contributed by atoms with Gasteiger partial charge < -0.3 is 10.1 Å². The molecular formula is C24H22BrNO3. The molecule has 0 saturated carbocycles. The second-order valence-electron chi connectivity index (χ2n) is 6.58. The van der Waals surface area contributed by atoms with Crippen LogP contribution in [0.1, 0.15) is 40.5 Å². The van der Waals surface area contributed by atoms with Crippen molar-refractivity contribution in [1.29, 1.82) is 0 Å². The lowest BCUT2D eigenvalue weighted by Crippen LogP contribution is -2.15. The van der Waals surface area contributed by atoms with Gasteiger partial charge in [-0.2, -0.15) is 0 Å². The zero-order valence-corrected chi connectivity index (χ0v) is 17.7. The Bertz CT molecular complexity index is 1000. The maximum absolute atomic E-state index is 13.0. The van der Waals surface area contributed by atoms with Crippen LogP contribution in [0.25, 0.3) is 11.1 Å². The molecule has 0 bridgehead atoms. The number of hydrogen-bond acceptors (Lipinski definition) is 3. The molecule has 148 valence electrons. The standard InChI is InChI=1S/C24H22BrNO3/c1-2-3-13-29-23-12-11-20(25)15-21(23)24(28)26-22-14-18(9-10-19(22)16-27)17-7-5-4-6-8-17/h4-12,14-16H,2-3,13H2,1H3,(H,26,28). The van der Waals surface area contributed by atoms with Gasteiger partial charge >= 0.3 is 0 Å². The third-order valence-corrected chi connectivity index (χ3v) is 4.97. The molecule has 0 atom stereocenters. The maximum atomic E-state index is 13.0. The number of rotatable bonds is 8. The monoisotopic (exact) mass is 451 g/mol. The molecule has 0 heterocycles. The van der Waals surface area contributed by atoms with Crippen molar-refractivity contribution in [3.63, 3.8) is 0 Å². The molecule has 5 heteroatoms. The second-order valence-corrected chi connectivity index (χ2v) is 7.50. The first kappa shape index (κ1) is 20.8. The summed E-state index contributed by atoms with van der Waals surface area (Å²) in [5.41, 5.74) is 3.22. The minimum atomic E-state index is -0.328. The van der Waals surface area contributed by atoms with Crippen LogP contribution in [0.15, 0.2) is 71.2 Å². The van der Waals surface area contributed by atoms with Crippen molar-refractivity contribution < 1.29 is 14.3 Å². The summed E-state index contributed by atoms with van der Waals surface area (Å²) in [7, 11) is 0. The largest absolute Gasteiger partial charge is 0.493 e. The Morgan fingerprint density at radius 3 is 2.55 bits per heavy atom. The van der Waals surface area contributed by atoms with Crippen molar-refractivity contribution in [2.75, 3.05) is 11.9 Å². The average molecular weight is 452 g/mol. The fraction of sp³-hybridized carbons (Fsp3) is 0.167. The van der Waals surface area contributed by atoms with Crippen molar-refractivity contribution in [3.05, 3.63) is 82.3 Å². The molecule has 0 spiro atoms. The van der Waals surface area contributed by atoms with Gasteiger partial charge in [0, 0.05) is 10.0 Å². The molecule has 0 aliphatic rings. The van der Waals surface area contributed by atoms with Crippen LogP contribution in [0.2, 0.25) is 0 Å². The molecule has 3 aromatic rings. The number of ether oxygens (including phenoxy) is 1. The van der Waals surface area contributed by atoms with E-state index in [4.69, 9.17) is 4.74 Å². The van der Waals surface area contributed by atoms with Gasteiger partial charge in [0.15, 0.2) is 6.29 Å². The van der Waals surface area contributed by atoms with Gasteiger partial charge in [0.2, 0.25) is 0 Å². The van der Waals surface area contributed by atoms with Crippen LogP contribution in [-0.4, -0.2) is 18.8 Å². The summed E-state index contributed by atoms with van der Waals surface area (Å²) in [6.45, 7) is 2.63. The van der Waals surface area contributed by atoms with Crippen LogP contribution >= 0.6 is 15.9 Å². The van der Waals surface area contributed by atoms with E-state index < -0.39 is 0 Å². The minimum Gasteiger partial charge on any atom is -0.493 e. The Hall–Kier alpha value is -2.92. The maximum Gasteiger partial charge on any atom is 0.259 e. The predicted octanol–water partition coefficient (Wildman–Crippen LogP) is 6.36. The normalized spacial score (nSPS) is 10.4. The molecule has 1 N–H and O–H groups in total. The molecule has 3 rings (SSSR count). The Morgan fingerprint density at radius 1 is 1.03 bits per heavy atom. The number of carbonyl (C=O) groups excluding carboxylic acids is 2. The second kappa shape index (κ2) is 10.0. The van der Waals surface area contributed by atoms with Crippen LogP contribution in [0.4, 0.5) is 5.69 Å². The molecule has 1 amide bonds. The van der Waals surface area contributed by atoms with Gasteiger partial charge in [-0.15, -0.1) is 0 Å². The quantitative estimate of drug-likeness (QED) is 0.320. The van der Waals surface area contributed by atoms with Gasteiger partial charge in [-0.1, -0.05) is 65.7 Å². The van der Waals surface area contributed by atoms with E-state index in [1.165, 1.54) is 0 Å². The summed E-state index contributed by atoms with van der Waals surface area (Å²) in [6, 6.07) is 20.5.